The summed E-state index contributed by atoms with van der Waals surface area (Å²) in [5.74, 6) is 0.341. The van der Waals surface area contributed by atoms with Crippen LogP contribution in [0.1, 0.15) is 26.2 Å². The van der Waals surface area contributed by atoms with E-state index < -0.39 is 0 Å². The summed E-state index contributed by atoms with van der Waals surface area (Å²) in [5.41, 5.74) is 0. The Morgan fingerprint density at radius 3 is 2.70 bits per heavy atom. The SMILES string of the molecule is CC1CCC(C=O)C(=O)C1. The average Bonchev–Trinajstić information content (AvgIpc) is 1.88. The van der Waals surface area contributed by atoms with Crippen LogP contribution in [0.25, 0.3) is 0 Å². The second-order valence-electron chi connectivity index (χ2n) is 3.10. The smallest absolute Gasteiger partial charge is 0.143 e. The number of hydrogen-bond donors (Lipinski definition) is 0. The van der Waals surface area contributed by atoms with Gasteiger partial charge in [-0.05, 0) is 18.8 Å². The molecule has 0 amide bonds. The molecule has 0 saturated heterocycles. The standard InChI is InChI=1S/C8H12O2/c1-6-2-3-7(5-9)8(10)4-6/h5-7H,2-4H2,1H3. The molecule has 0 aromatic carbocycles. The van der Waals surface area contributed by atoms with Crippen molar-refractivity contribution < 1.29 is 9.59 Å². The molecule has 1 saturated carbocycles. The zero-order valence-electron chi connectivity index (χ0n) is 6.17. The molecule has 0 spiro atoms. The lowest BCUT2D eigenvalue weighted by molar-refractivity contribution is -0.130. The Balaban J connectivity index is 2.51. The molecule has 0 aromatic heterocycles. The van der Waals surface area contributed by atoms with Crippen LogP contribution in [0.3, 0.4) is 0 Å². The predicted molar refractivity (Wildman–Crippen MR) is 37.6 cm³/mol. The lowest BCUT2D eigenvalue weighted by atomic mass is 9.83. The molecule has 1 rings (SSSR count). The topological polar surface area (TPSA) is 34.1 Å². The molecule has 2 unspecified atom stereocenters. The van der Waals surface area contributed by atoms with E-state index in [2.05, 4.69) is 6.92 Å². The number of ketones is 1. The summed E-state index contributed by atoms with van der Waals surface area (Å²) in [5, 5.41) is 0. The monoisotopic (exact) mass is 140 g/mol. The summed E-state index contributed by atoms with van der Waals surface area (Å²) in [6.45, 7) is 2.05. The van der Waals surface area contributed by atoms with Crippen molar-refractivity contribution >= 4 is 12.1 Å². The molecule has 1 fully saturated rings. The summed E-state index contributed by atoms with van der Waals surface area (Å²) in [7, 11) is 0. The highest BCUT2D eigenvalue weighted by molar-refractivity contribution is 5.93. The maximum absolute atomic E-state index is 11.0. The van der Waals surface area contributed by atoms with Crippen molar-refractivity contribution in [1.82, 2.24) is 0 Å². The second kappa shape index (κ2) is 2.95. The number of hydrogen-bond acceptors (Lipinski definition) is 2. The van der Waals surface area contributed by atoms with Gasteiger partial charge in [0.05, 0.1) is 5.92 Å². The summed E-state index contributed by atoms with van der Waals surface area (Å²) >= 11 is 0. The number of carbonyl (C=O) groups excluding carboxylic acids is 2. The van der Waals surface area contributed by atoms with Crippen molar-refractivity contribution in [2.45, 2.75) is 26.2 Å². The highest BCUT2D eigenvalue weighted by Crippen LogP contribution is 2.23. The number of Topliss-reactive ketones (excluding diaryl/α,β-unsaturated/α-hetero) is 1. The van der Waals surface area contributed by atoms with Gasteiger partial charge in [-0.2, -0.15) is 0 Å². The third-order valence-electron chi connectivity index (χ3n) is 2.10. The van der Waals surface area contributed by atoms with Crippen LogP contribution in [0.5, 0.6) is 0 Å². The largest absolute Gasteiger partial charge is 0.303 e. The minimum Gasteiger partial charge on any atom is -0.303 e. The van der Waals surface area contributed by atoms with Crippen molar-refractivity contribution in [3.8, 4) is 0 Å². The molecular formula is C8H12O2. The van der Waals surface area contributed by atoms with Gasteiger partial charge < -0.3 is 4.79 Å². The van der Waals surface area contributed by atoms with Crippen molar-refractivity contribution in [2.75, 3.05) is 0 Å². The number of aldehydes is 1. The van der Waals surface area contributed by atoms with Gasteiger partial charge in [-0.15, -0.1) is 0 Å². The number of rotatable bonds is 1. The Hall–Kier alpha value is -0.660. The quantitative estimate of drug-likeness (QED) is 0.405. The molecule has 1 aliphatic carbocycles. The highest BCUT2D eigenvalue weighted by atomic mass is 16.1. The predicted octanol–water partition coefficient (Wildman–Crippen LogP) is 1.19. The zero-order valence-corrected chi connectivity index (χ0v) is 6.17. The second-order valence-corrected chi connectivity index (χ2v) is 3.10. The van der Waals surface area contributed by atoms with Crippen LogP contribution in [-0.2, 0) is 9.59 Å². The molecule has 0 bridgehead atoms. The lowest BCUT2D eigenvalue weighted by Gasteiger charge is -2.20. The van der Waals surface area contributed by atoms with Crippen molar-refractivity contribution in [1.29, 1.82) is 0 Å². The maximum Gasteiger partial charge on any atom is 0.143 e. The van der Waals surface area contributed by atoms with Gasteiger partial charge in [-0.25, -0.2) is 0 Å². The first-order chi connectivity index (χ1) is 4.74. The van der Waals surface area contributed by atoms with Gasteiger partial charge >= 0.3 is 0 Å². The van der Waals surface area contributed by atoms with E-state index >= 15 is 0 Å². The van der Waals surface area contributed by atoms with Gasteiger partial charge in [0.2, 0.25) is 0 Å². The summed E-state index contributed by atoms with van der Waals surface area (Å²) in [6, 6.07) is 0. The van der Waals surface area contributed by atoms with Gasteiger partial charge in [0.1, 0.15) is 12.1 Å². The normalized spacial score (nSPS) is 33.9. The van der Waals surface area contributed by atoms with Crippen molar-refractivity contribution in [3.05, 3.63) is 0 Å². The first-order valence-electron chi connectivity index (χ1n) is 3.72. The van der Waals surface area contributed by atoms with Gasteiger partial charge in [0.15, 0.2) is 0 Å². The average molecular weight is 140 g/mol. The highest BCUT2D eigenvalue weighted by Gasteiger charge is 2.25. The van der Waals surface area contributed by atoms with Crippen LogP contribution in [0, 0.1) is 11.8 Å². The van der Waals surface area contributed by atoms with Crippen LogP contribution in [0.4, 0.5) is 0 Å². The molecule has 0 aliphatic heterocycles. The van der Waals surface area contributed by atoms with E-state index in [9.17, 15) is 9.59 Å². The summed E-state index contributed by atoms with van der Waals surface area (Å²) in [6.07, 6.45) is 3.18. The molecule has 2 heteroatoms. The Morgan fingerprint density at radius 2 is 2.20 bits per heavy atom. The molecule has 1 aliphatic rings. The maximum atomic E-state index is 11.0. The van der Waals surface area contributed by atoms with Crippen LogP contribution < -0.4 is 0 Å². The molecule has 2 atom stereocenters. The van der Waals surface area contributed by atoms with Crippen molar-refractivity contribution in [2.24, 2.45) is 11.8 Å². The zero-order chi connectivity index (χ0) is 7.56. The van der Waals surface area contributed by atoms with E-state index in [1.165, 1.54) is 0 Å². The number of carbonyl (C=O) groups is 2. The van der Waals surface area contributed by atoms with Gasteiger partial charge in [-0.3, -0.25) is 4.79 Å². The molecular weight excluding hydrogens is 128 g/mol. The fraction of sp³-hybridized carbons (Fsp3) is 0.750. The summed E-state index contributed by atoms with van der Waals surface area (Å²) < 4.78 is 0. The molecule has 0 radical (unpaired) electrons. The fourth-order valence-corrected chi connectivity index (χ4v) is 1.37. The molecule has 0 aromatic rings. The van der Waals surface area contributed by atoms with E-state index in [1.54, 1.807) is 0 Å². The van der Waals surface area contributed by atoms with Crippen LogP contribution in [-0.4, -0.2) is 12.1 Å². The molecule has 0 N–H and O–H groups in total. The fourth-order valence-electron chi connectivity index (χ4n) is 1.37. The van der Waals surface area contributed by atoms with Crippen molar-refractivity contribution in [3.63, 3.8) is 0 Å². The van der Waals surface area contributed by atoms with Crippen LogP contribution in [0.2, 0.25) is 0 Å². The molecule has 56 valence electrons. The lowest BCUT2D eigenvalue weighted by Crippen LogP contribution is -2.24. The Morgan fingerprint density at radius 1 is 1.50 bits per heavy atom. The van der Waals surface area contributed by atoms with E-state index in [4.69, 9.17) is 0 Å². The van der Waals surface area contributed by atoms with Gasteiger partial charge in [-0.1, -0.05) is 6.92 Å². The third kappa shape index (κ3) is 1.43. The minimum absolute atomic E-state index is 0.133. The van der Waals surface area contributed by atoms with Gasteiger partial charge in [0.25, 0.3) is 0 Å². The summed E-state index contributed by atoms with van der Waals surface area (Å²) in [4.78, 5) is 21.3. The Kier molecular flexibility index (Phi) is 2.20. The van der Waals surface area contributed by atoms with Crippen LogP contribution >= 0.6 is 0 Å². The Labute approximate surface area is 60.6 Å². The minimum atomic E-state index is -0.281. The molecule has 2 nitrogen and oxygen atoms in total. The molecule has 0 heterocycles. The van der Waals surface area contributed by atoms with E-state index in [0.29, 0.717) is 12.3 Å². The Bertz CT molecular complexity index is 151. The first-order valence-corrected chi connectivity index (χ1v) is 3.72. The first kappa shape index (κ1) is 7.45. The van der Waals surface area contributed by atoms with E-state index in [1.807, 2.05) is 0 Å². The van der Waals surface area contributed by atoms with Gasteiger partial charge in [0, 0.05) is 6.42 Å². The van der Waals surface area contributed by atoms with Crippen LogP contribution in [0.15, 0.2) is 0 Å². The molecule has 10 heavy (non-hydrogen) atoms. The third-order valence-corrected chi connectivity index (χ3v) is 2.10. The van der Waals surface area contributed by atoms with E-state index in [-0.39, 0.29) is 11.7 Å². The van der Waals surface area contributed by atoms with E-state index in [0.717, 1.165) is 19.1 Å².